The van der Waals surface area contributed by atoms with Crippen LogP contribution in [0.4, 0.5) is 5.69 Å². The van der Waals surface area contributed by atoms with Crippen LogP contribution >= 0.6 is 0 Å². The van der Waals surface area contributed by atoms with Crippen LogP contribution in [-0.2, 0) is 0 Å². The number of para-hydroxylation sites is 1. The lowest BCUT2D eigenvalue weighted by molar-refractivity contribution is 0.343. The van der Waals surface area contributed by atoms with Crippen LogP contribution in [0.5, 0.6) is 5.75 Å². The number of pyridine rings is 1. The van der Waals surface area contributed by atoms with Crippen LogP contribution in [0.25, 0.3) is 10.9 Å². The van der Waals surface area contributed by atoms with Gasteiger partial charge in [-0.1, -0.05) is 12.1 Å². The minimum absolute atomic E-state index is 0.657. The Morgan fingerprint density at radius 1 is 1.33 bits per heavy atom. The van der Waals surface area contributed by atoms with Crippen molar-refractivity contribution in [3.63, 3.8) is 0 Å². The summed E-state index contributed by atoms with van der Waals surface area (Å²) in [6.45, 7) is 2.63. The molecule has 0 radical (unpaired) electrons. The zero-order chi connectivity index (χ0) is 10.7. The van der Waals surface area contributed by atoms with Gasteiger partial charge < -0.3 is 10.1 Å². The average molecular weight is 202 g/mol. The maximum atomic E-state index is 5.53. The molecule has 0 aliphatic carbocycles. The first-order valence-corrected chi connectivity index (χ1v) is 5.05. The summed E-state index contributed by atoms with van der Waals surface area (Å²) in [6.07, 6.45) is 1.79. The van der Waals surface area contributed by atoms with Gasteiger partial charge in [0, 0.05) is 24.3 Å². The smallest absolute Gasteiger partial charge is 0.145 e. The molecule has 0 unspecified atom stereocenters. The third-order valence-electron chi connectivity index (χ3n) is 2.30. The quantitative estimate of drug-likeness (QED) is 0.830. The van der Waals surface area contributed by atoms with E-state index in [4.69, 9.17) is 4.74 Å². The number of ether oxygens (including phenoxy) is 1. The van der Waals surface area contributed by atoms with Crippen LogP contribution in [0.2, 0.25) is 0 Å². The van der Waals surface area contributed by atoms with Gasteiger partial charge >= 0.3 is 0 Å². The maximum Gasteiger partial charge on any atom is 0.145 e. The number of hydrogen-bond donors (Lipinski definition) is 1. The lowest BCUT2D eigenvalue weighted by Gasteiger charge is -2.09. The third-order valence-corrected chi connectivity index (χ3v) is 2.30. The molecule has 1 heterocycles. The van der Waals surface area contributed by atoms with Crippen molar-refractivity contribution in [3.8, 4) is 5.75 Å². The number of nitrogens with zero attached hydrogens (tertiary/aromatic N) is 1. The second kappa shape index (κ2) is 4.17. The van der Waals surface area contributed by atoms with Gasteiger partial charge in [0.2, 0.25) is 0 Å². The molecule has 0 saturated carbocycles. The van der Waals surface area contributed by atoms with Gasteiger partial charge in [0.25, 0.3) is 0 Å². The standard InChI is InChI=1S/C12H14N2O/c1-3-15-11-6-4-5-9-10(13-2)7-8-14-12(9)11/h4-8H,3H2,1-2H3,(H,13,14). The van der Waals surface area contributed by atoms with E-state index in [0.717, 1.165) is 22.3 Å². The Kier molecular flexibility index (Phi) is 2.72. The number of anilines is 1. The first-order valence-electron chi connectivity index (χ1n) is 5.05. The lowest BCUT2D eigenvalue weighted by Crippen LogP contribution is -1.95. The van der Waals surface area contributed by atoms with Crippen LogP contribution in [0, 0.1) is 0 Å². The van der Waals surface area contributed by atoms with E-state index in [9.17, 15) is 0 Å². The fourth-order valence-corrected chi connectivity index (χ4v) is 1.64. The van der Waals surface area contributed by atoms with Gasteiger partial charge in [0.1, 0.15) is 11.3 Å². The van der Waals surface area contributed by atoms with Crippen molar-refractivity contribution < 1.29 is 4.74 Å². The molecule has 0 aliphatic heterocycles. The molecule has 2 rings (SSSR count). The van der Waals surface area contributed by atoms with Gasteiger partial charge in [-0.3, -0.25) is 4.98 Å². The van der Waals surface area contributed by atoms with Crippen molar-refractivity contribution in [2.45, 2.75) is 6.92 Å². The molecule has 78 valence electrons. The van der Waals surface area contributed by atoms with Gasteiger partial charge in [-0.15, -0.1) is 0 Å². The van der Waals surface area contributed by atoms with Crippen molar-refractivity contribution in [3.05, 3.63) is 30.5 Å². The second-order valence-corrected chi connectivity index (χ2v) is 3.19. The summed E-state index contributed by atoms with van der Waals surface area (Å²) >= 11 is 0. The van der Waals surface area contributed by atoms with Crippen molar-refractivity contribution >= 4 is 16.6 Å². The fourth-order valence-electron chi connectivity index (χ4n) is 1.64. The lowest BCUT2D eigenvalue weighted by atomic mass is 10.2. The number of rotatable bonds is 3. The second-order valence-electron chi connectivity index (χ2n) is 3.19. The number of aromatic nitrogens is 1. The van der Waals surface area contributed by atoms with Crippen LogP contribution in [-0.4, -0.2) is 18.6 Å². The number of fused-ring (bicyclic) bond motifs is 1. The van der Waals surface area contributed by atoms with E-state index in [1.165, 1.54) is 0 Å². The van der Waals surface area contributed by atoms with Crippen molar-refractivity contribution in [2.75, 3.05) is 19.0 Å². The van der Waals surface area contributed by atoms with Crippen LogP contribution in [0.15, 0.2) is 30.5 Å². The molecule has 0 saturated heterocycles. The highest BCUT2D eigenvalue weighted by Gasteiger charge is 2.05. The molecule has 0 aliphatic rings. The molecule has 0 bridgehead atoms. The van der Waals surface area contributed by atoms with Gasteiger partial charge in [0.05, 0.1) is 6.61 Å². The van der Waals surface area contributed by atoms with Crippen LogP contribution in [0.3, 0.4) is 0 Å². The highest BCUT2D eigenvalue weighted by Crippen LogP contribution is 2.28. The van der Waals surface area contributed by atoms with E-state index >= 15 is 0 Å². The van der Waals surface area contributed by atoms with E-state index in [0.29, 0.717) is 6.61 Å². The predicted octanol–water partition coefficient (Wildman–Crippen LogP) is 2.68. The monoisotopic (exact) mass is 202 g/mol. The van der Waals surface area contributed by atoms with Crippen molar-refractivity contribution in [2.24, 2.45) is 0 Å². The Labute approximate surface area is 89.1 Å². The normalized spacial score (nSPS) is 10.3. The van der Waals surface area contributed by atoms with Gasteiger partial charge in [-0.2, -0.15) is 0 Å². The fraction of sp³-hybridized carbons (Fsp3) is 0.250. The topological polar surface area (TPSA) is 34.1 Å². The summed E-state index contributed by atoms with van der Waals surface area (Å²) in [5.41, 5.74) is 1.98. The van der Waals surface area contributed by atoms with Gasteiger partial charge in [-0.25, -0.2) is 0 Å². The molecular formula is C12H14N2O. The summed E-state index contributed by atoms with van der Waals surface area (Å²) < 4.78 is 5.53. The summed E-state index contributed by atoms with van der Waals surface area (Å²) in [7, 11) is 1.90. The summed E-state index contributed by atoms with van der Waals surface area (Å²) in [5, 5.41) is 4.23. The van der Waals surface area contributed by atoms with Crippen molar-refractivity contribution in [1.82, 2.24) is 4.98 Å². The Bertz CT molecular complexity index is 468. The highest BCUT2D eigenvalue weighted by atomic mass is 16.5. The van der Waals surface area contributed by atoms with E-state index in [1.807, 2.05) is 38.2 Å². The van der Waals surface area contributed by atoms with Crippen molar-refractivity contribution in [1.29, 1.82) is 0 Å². The van der Waals surface area contributed by atoms with Crippen LogP contribution in [0.1, 0.15) is 6.92 Å². The SMILES string of the molecule is CCOc1cccc2c(NC)ccnc12. The number of hydrogen-bond acceptors (Lipinski definition) is 3. The predicted molar refractivity (Wildman–Crippen MR) is 62.5 cm³/mol. The molecule has 1 aromatic carbocycles. The van der Waals surface area contributed by atoms with E-state index < -0.39 is 0 Å². The molecule has 1 aromatic heterocycles. The first kappa shape index (κ1) is 9.77. The van der Waals surface area contributed by atoms with E-state index in [2.05, 4.69) is 10.3 Å². The van der Waals surface area contributed by atoms with E-state index in [-0.39, 0.29) is 0 Å². The van der Waals surface area contributed by atoms with Gasteiger partial charge in [-0.05, 0) is 19.1 Å². The average Bonchev–Trinajstić information content (AvgIpc) is 2.29. The van der Waals surface area contributed by atoms with E-state index in [1.54, 1.807) is 6.20 Å². The maximum absolute atomic E-state index is 5.53. The Morgan fingerprint density at radius 3 is 2.93 bits per heavy atom. The molecule has 0 fully saturated rings. The minimum atomic E-state index is 0.657. The summed E-state index contributed by atoms with van der Waals surface area (Å²) in [5.74, 6) is 0.840. The first-order chi connectivity index (χ1) is 7.36. The molecule has 3 heteroatoms. The van der Waals surface area contributed by atoms with Crippen LogP contribution < -0.4 is 10.1 Å². The highest BCUT2D eigenvalue weighted by molar-refractivity contribution is 5.94. The molecular weight excluding hydrogens is 188 g/mol. The molecule has 0 atom stereocenters. The Balaban J connectivity index is 2.65. The molecule has 0 amide bonds. The minimum Gasteiger partial charge on any atom is -0.492 e. The third kappa shape index (κ3) is 1.73. The largest absolute Gasteiger partial charge is 0.492 e. The molecule has 3 nitrogen and oxygen atoms in total. The summed E-state index contributed by atoms with van der Waals surface area (Å²) in [6, 6.07) is 7.92. The zero-order valence-corrected chi connectivity index (χ0v) is 8.95. The molecule has 15 heavy (non-hydrogen) atoms. The van der Waals surface area contributed by atoms with Gasteiger partial charge in [0.15, 0.2) is 0 Å². The molecule has 2 aromatic rings. The number of benzene rings is 1. The molecule has 1 N–H and O–H groups in total. The Hall–Kier alpha value is -1.77. The molecule has 0 spiro atoms. The zero-order valence-electron chi connectivity index (χ0n) is 8.95. The Morgan fingerprint density at radius 2 is 2.20 bits per heavy atom. The number of nitrogens with one attached hydrogen (secondary N) is 1. The summed E-state index contributed by atoms with van der Waals surface area (Å²) in [4.78, 5) is 4.34.